The average molecular weight is 324 g/mol. The Morgan fingerprint density at radius 3 is 2.33 bits per heavy atom. The zero-order chi connectivity index (χ0) is 17.1. The molecule has 1 heterocycles. The lowest BCUT2D eigenvalue weighted by Gasteiger charge is -2.38. The van der Waals surface area contributed by atoms with Crippen LogP contribution in [0.15, 0.2) is 54.6 Å². The summed E-state index contributed by atoms with van der Waals surface area (Å²) in [5.41, 5.74) is 1.76. The van der Waals surface area contributed by atoms with Crippen LogP contribution < -0.4 is 10.1 Å². The molecule has 24 heavy (non-hydrogen) atoms. The van der Waals surface area contributed by atoms with E-state index in [1.807, 2.05) is 54.6 Å². The first-order chi connectivity index (χ1) is 11.6. The number of nitrogens with zero attached hydrogens (tertiary/aromatic N) is 1. The molecule has 124 valence electrons. The minimum atomic E-state index is -0.614. The number of ether oxygens (including phenoxy) is 1. The first-order valence-electron chi connectivity index (χ1n) is 7.89. The van der Waals surface area contributed by atoms with Crippen LogP contribution in [0.1, 0.15) is 24.1 Å². The summed E-state index contributed by atoms with van der Waals surface area (Å²) in [5.74, 6) is 0.524. The van der Waals surface area contributed by atoms with Crippen LogP contribution in [0.3, 0.4) is 0 Å². The Labute approximate surface area is 141 Å². The van der Waals surface area contributed by atoms with Crippen molar-refractivity contribution in [3.8, 4) is 5.75 Å². The van der Waals surface area contributed by atoms with E-state index in [9.17, 15) is 9.59 Å². The molecule has 1 aliphatic rings. The highest BCUT2D eigenvalue weighted by molar-refractivity contribution is 5.97. The smallest absolute Gasteiger partial charge is 0.248 e. The Kier molecular flexibility index (Phi) is 4.51. The largest absolute Gasteiger partial charge is 0.497 e. The van der Waals surface area contributed by atoms with Gasteiger partial charge in [0, 0.05) is 6.54 Å². The molecule has 2 aromatic rings. The van der Waals surface area contributed by atoms with E-state index >= 15 is 0 Å². The van der Waals surface area contributed by atoms with Gasteiger partial charge in [0.05, 0.1) is 7.11 Å². The van der Waals surface area contributed by atoms with E-state index in [1.54, 1.807) is 18.9 Å². The Balaban J connectivity index is 1.92. The van der Waals surface area contributed by atoms with E-state index in [0.29, 0.717) is 6.54 Å². The minimum absolute atomic E-state index is 0.0840. The number of rotatable bonds is 4. The van der Waals surface area contributed by atoms with Gasteiger partial charge in [-0.15, -0.1) is 0 Å². The zero-order valence-electron chi connectivity index (χ0n) is 13.7. The predicted octanol–water partition coefficient (Wildman–Crippen LogP) is 2.28. The standard InChI is InChI=1S/C19H20N2O3/c1-13-19(23)21(12-14-8-10-16(24-2)11-9-14)17(18(22)20-13)15-6-4-3-5-7-15/h3-11,13,17H,12H2,1-2H3,(H,20,22)/t13-,17+/m0/s1. The van der Waals surface area contributed by atoms with Crippen LogP contribution in [-0.2, 0) is 16.1 Å². The minimum Gasteiger partial charge on any atom is -0.497 e. The number of carbonyl (C=O) groups is 2. The van der Waals surface area contributed by atoms with Crippen LogP contribution >= 0.6 is 0 Å². The molecule has 0 aliphatic carbocycles. The predicted molar refractivity (Wildman–Crippen MR) is 90.3 cm³/mol. The number of amides is 2. The van der Waals surface area contributed by atoms with Crippen LogP contribution in [0, 0.1) is 0 Å². The lowest BCUT2D eigenvalue weighted by atomic mass is 9.99. The monoisotopic (exact) mass is 324 g/mol. The van der Waals surface area contributed by atoms with Crippen LogP contribution in [0.2, 0.25) is 0 Å². The first kappa shape index (κ1) is 16.1. The molecule has 0 spiro atoms. The number of nitrogens with one attached hydrogen (secondary N) is 1. The highest BCUT2D eigenvalue weighted by atomic mass is 16.5. The summed E-state index contributed by atoms with van der Waals surface area (Å²) in [6, 6.07) is 15.8. The maximum absolute atomic E-state index is 12.7. The number of hydrogen-bond donors (Lipinski definition) is 1. The van der Waals surface area contributed by atoms with Crippen molar-refractivity contribution < 1.29 is 14.3 Å². The molecule has 0 bridgehead atoms. The quantitative estimate of drug-likeness (QED) is 0.939. The van der Waals surface area contributed by atoms with Crippen molar-refractivity contribution in [2.45, 2.75) is 25.6 Å². The third-order valence-corrected chi connectivity index (χ3v) is 4.20. The van der Waals surface area contributed by atoms with Crippen molar-refractivity contribution in [3.05, 3.63) is 65.7 Å². The Morgan fingerprint density at radius 2 is 1.71 bits per heavy atom. The van der Waals surface area contributed by atoms with E-state index < -0.39 is 12.1 Å². The van der Waals surface area contributed by atoms with Gasteiger partial charge in [0.15, 0.2) is 0 Å². The molecule has 1 N–H and O–H groups in total. The van der Waals surface area contributed by atoms with Crippen molar-refractivity contribution in [1.29, 1.82) is 0 Å². The van der Waals surface area contributed by atoms with Gasteiger partial charge in [-0.2, -0.15) is 0 Å². The zero-order valence-corrected chi connectivity index (χ0v) is 13.7. The normalized spacial score (nSPS) is 20.7. The number of piperazine rings is 1. The van der Waals surface area contributed by atoms with E-state index in [-0.39, 0.29) is 11.8 Å². The van der Waals surface area contributed by atoms with E-state index in [2.05, 4.69) is 5.32 Å². The Hall–Kier alpha value is -2.82. The maximum Gasteiger partial charge on any atom is 0.248 e. The van der Waals surface area contributed by atoms with Gasteiger partial charge < -0.3 is 15.0 Å². The van der Waals surface area contributed by atoms with Gasteiger partial charge in [-0.25, -0.2) is 0 Å². The second-order valence-electron chi connectivity index (χ2n) is 5.86. The van der Waals surface area contributed by atoms with E-state index in [4.69, 9.17) is 4.74 Å². The summed E-state index contributed by atoms with van der Waals surface area (Å²) < 4.78 is 5.16. The lowest BCUT2D eigenvalue weighted by Crippen LogP contribution is -2.57. The number of hydrogen-bond acceptors (Lipinski definition) is 3. The summed E-state index contributed by atoms with van der Waals surface area (Å²) >= 11 is 0. The summed E-state index contributed by atoms with van der Waals surface area (Å²) in [6.45, 7) is 2.09. The summed E-state index contributed by atoms with van der Waals surface area (Å²) in [5, 5.41) is 2.76. The molecule has 2 atom stereocenters. The van der Waals surface area contributed by atoms with Crippen molar-refractivity contribution in [2.24, 2.45) is 0 Å². The Morgan fingerprint density at radius 1 is 1.04 bits per heavy atom. The highest BCUT2D eigenvalue weighted by Crippen LogP contribution is 2.27. The third-order valence-electron chi connectivity index (χ3n) is 4.20. The van der Waals surface area contributed by atoms with Crippen LogP contribution in [0.5, 0.6) is 5.75 Å². The fraction of sp³-hybridized carbons (Fsp3) is 0.263. The number of methoxy groups -OCH3 is 1. The number of benzene rings is 2. The molecule has 0 saturated carbocycles. The van der Waals surface area contributed by atoms with Crippen LogP contribution in [-0.4, -0.2) is 29.9 Å². The van der Waals surface area contributed by atoms with Crippen molar-refractivity contribution >= 4 is 11.8 Å². The average Bonchev–Trinajstić information content (AvgIpc) is 2.61. The molecule has 1 aliphatic heterocycles. The van der Waals surface area contributed by atoms with E-state index in [0.717, 1.165) is 16.9 Å². The van der Waals surface area contributed by atoms with Gasteiger partial charge in [0.25, 0.3) is 0 Å². The van der Waals surface area contributed by atoms with Gasteiger partial charge in [0.2, 0.25) is 11.8 Å². The van der Waals surface area contributed by atoms with E-state index in [1.165, 1.54) is 0 Å². The molecular formula is C19H20N2O3. The topological polar surface area (TPSA) is 58.6 Å². The molecule has 2 amide bonds. The third kappa shape index (κ3) is 3.11. The van der Waals surface area contributed by atoms with Crippen LogP contribution in [0.25, 0.3) is 0 Å². The molecule has 5 heteroatoms. The SMILES string of the molecule is COc1ccc(CN2C(=O)[C@H](C)NC(=O)[C@H]2c2ccccc2)cc1. The molecule has 3 rings (SSSR count). The molecule has 1 fully saturated rings. The summed E-state index contributed by atoms with van der Waals surface area (Å²) in [6.07, 6.45) is 0. The molecular weight excluding hydrogens is 304 g/mol. The van der Waals surface area contributed by atoms with Crippen molar-refractivity contribution in [3.63, 3.8) is 0 Å². The highest BCUT2D eigenvalue weighted by Gasteiger charge is 2.39. The number of carbonyl (C=O) groups excluding carboxylic acids is 2. The van der Waals surface area contributed by atoms with Gasteiger partial charge in [-0.3, -0.25) is 9.59 Å². The van der Waals surface area contributed by atoms with Gasteiger partial charge in [-0.05, 0) is 30.2 Å². The molecule has 0 unspecified atom stereocenters. The summed E-state index contributed by atoms with van der Waals surface area (Å²) in [7, 11) is 1.61. The van der Waals surface area contributed by atoms with Crippen LogP contribution in [0.4, 0.5) is 0 Å². The molecule has 0 radical (unpaired) electrons. The molecule has 1 saturated heterocycles. The molecule has 0 aromatic heterocycles. The second-order valence-corrected chi connectivity index (χ2v) is 5.86. The lowest BCUT2D eigenvalue weighted by molar-refractivity contribution is -0.149. The van der Waals surface area contributed by atoms with Gasteiger partial charge >= 0.3 is 0 Å². The first-order valence-corrected chi connectivity index (χ1v) is 7.89. The molecule has 2 aromatic carbocycles. The maximum atomic E-state index is 12.7. The summed E-state index contributed by atoms with van der Waals surface area (Å²) in [4.78, 5) is 26.8. The van der Waals surface area contributed by atoms with Gasteiger partial charge in [-0.1, -0.05) is 42.5 Å². The second kappa shape index (κ2) is 6.74. The molecule has 5 nitrogen and oxygen atoms in total. The fourth-order valence-electron chi connectivity index (χ4n) is 2.94. The van der Waals surface area contributed by atoms with Crippen molar-refractivity contribution in [2.75, 3.05) is 7.11 Å². The van der Waals surface area contributed by atoms with Crippen molar-refractivity contribution in [1.82, 2.24) is 10.2 Å². The fourth-order valence-corrected chi connectivity index (χ4v) is 2.94. The Bertz CT molecular complexity index is 728. The van der Waals surface area contributed by atoms with Gasteiger partial charge in [0.1, 0.15) is 17.8 Å².